The fraction of sp³-hybridized carbons (Fsp3) is 0.111. The van der Waals surface area contributed by atoms with Gasteiger partial charge < -0.3 is 4.74 Å². The maximum absolute atomic E-state index is 10.7. The molecule has 72 valence electrons. The van der Waals surface area contributed by atoms with E-state index in [0.29, 0.717) is 10.8 Å². The van der Waals surface area contributed by atoms with Gasteiger partial charge in [0.15, 0.2) is 6.61 Å². The summed E-state index contributed by atoms with van der Waals surface area (Å²) in [5, 5.41) is 0.399. The molecule has 1 amide bonds. The van der Waals surface area contributed by atoms with Crippen molar-refractivity contribution in [1.29, 1.82) is 0 Å². The Kier molecular flexibility index (Phi) is 3.85. The molecule has 0 N–H and O–H groups in total. The summed E-state index contributed by atoms with van der Waals surface area (Å²) in [5.41, 5.74) is 0. The molecule has 0 aromatic heterocycles. The van der Waals surface area contributed by atoms with Crippen LogP contribution in [0.1, 0.15) is 0 Å². The highest BCUT2D eigenvalue weighted by Gasteiger charge is 2.03. The number of amides is 1. The van der Waals surface area contributed by atoms with Crippen LogP contribution in [0.15, 0.2) is 29.3 Å². The monoisotopic (exact) mass is 211 g/mol. The van der Waals surface area contributed by atoms with Gasteiger partial charge in [0, 0.05) is 0 Å². The number of ether oxygens (including phenoxy) is 1. The molecule has 0 fully saturated rings. The normalized spacial score (nSPS) is 8.93. The van der Waals surface area contributed by atoms with E-state index >= 15 is 0 Å². The summed E-state index contributed by atoms with van der Waals surface area (Å²) >= 11 is 5.74. The molecule has 0 aliphatic rings. The molecule has 0 spiro atoms. The minimum atomic E-state index is -0.695. The minimum absolute atomic E-state index is 0.320. The van der Waals surface area contributed by atoms with E-state index in [9.17, 15) is 9.59 Å². The number of aliphatic imine (C=N–C) groups is 1. The zero-order valence-electron chi connectivity index (χ0n) is 7.07. The van der Waals surface area contributed by atoms with E-state index in [1.54, 1.807) is 24.3 Å². The van der Waals surface area contributed by atoms with Gasteiger partial charge in [0.05, 0.1) is 5.02 Å². The second-order valence-electron chi connectivity index (χ2n) is 2.32. The molecule has 0 atom stereocenters. The van der Waals surface area contributed by atoms with E-state index in [1.807, 2.05) is 0 Å². The van der Waals surface area contributed by atoms with Crippen LogP contribution in [0.2, 0.25) is 5.02 Å². The lowest BCUT2D eigenvalue weighted by atomic mass is 10.3. The first-order chi connectivity index (χ1) is 6.74. The van der Waals surface area contributed by atoms with Crippen LogP contribution in [0.4, 0.5) is 0 Å². The van der Waals surface area contributed by atoms with E-state index in [0.717, 1.165) is 6.08 Å². The van der Waals surface area contributed by atoms with Crippen LogP contribution in [-0.4, -0.2) is 18.6 Å². The van der Waals surface area contributed by atoms with Crippen LogP contribution in [0.25, 0.3) is 0 Å². The highest BCUT2D eigenvalue weighted by atomic mass is 35.5. The Bertz CT molecular complexity index is 385. The van der Waals surface area contributed by atoms with Crippen LogP contribution in [-0.2, 0) is 9.59 Å². The van der Waals surface area contributed by atoms with Crippen molar-refractivity contribution >= 4 is 23.6 Å². The van der Waals surface area contributed by atoms with Crippen LogP contribution < -0.4 is 4.74 Å². The molecule has 0 aliphatic heterocycles. The van der Waals surface area contributed by atoms with Crippen molar-refractivity contribution in [1.82, 2.24) is 0 Å². The van der Waals surface area contributed by atoms with Crippen LogP contribution >= 0.6 is 11.6 Å². The maximum atomic E-state index is 10.7. The number of hydrogen-bond acceptors (Lipinski definition) is 3. The summed E-state index contributed by atoms with van der Waals surface area (Å²) in [6, 6.07) is 6.69. The number of rotatable bonds is 3. The predicted octanol–water partition coefficient (Wildman–Crippen LogP) is 1.58. The van der Waals surface area contributed by atoms with Gasteiger partial charge in [0.1, 0.15) is 5.75 Å². The summed E-state index contributed by atoms with van der Waals surface area (Å²) in [7, 11) is 0. The average Bonchev–Trinajstić information content (AvgIpc) is 2.17. The first-order valence-electron chi connectivity index (χ1n) is 3.72. The van der Waals surface area contributed by atoms with Crippen molar-refractivity contribution in [2.75, 3.05) is 6.61 Å². The van der Waals surface area contributed by atoms with Gasteiger partial charge in [-0.1, -0.05) is 23.7 Å². The first-order valence-corrected chi connectivity index (χ1v) is 4.10. The quantitative estimate of drug-likeness (QED) is 0.564. The lowest BCUT2D eigenvalue weighted by Gasteiger charge is -2.03. The summed E-state index contributed by atoms with van der Waals surface area (Å²) in [6.45, 7) is -0.320. The van der Waals surface area contributed by atoms with E-state index in [-0.39, 0.29) is 6.61 Å². The number of carbonyl (C=O) groups is 1. The van der Waals surface area contributed by atoms with Crippen LogP contribution in [0, 0.1) is 0 Å². The lowest BCUT2D eigenvalue weighted by molar-refractivity contribution is -0.119. The molecule has 0 aliphatic carbocycles. The second-order valence-corrected chi connectivity index (χ2v) is 2.72. The van der Waals surface area contributed by atoms with E-state index in [2.05, 4.69) is 4.99 Å². The van der Waals surface area contributed by atoms with Gasteiger partial charge in [-0.05, 0) is 12.1 Å². The minimum Gasteiger partial charge on any atom is -0.482 e. The summed E-state index contributed by atoms with van der Waals surface area (Å²) in [5.74, 6) is -0.316. The Morgan fingerprint density at radius 3 is 2.86 bits per heavy atom. The highest BCUT2D eigenvalue weighted by molar-refractivity contribution is 6.32. The third-order valence-corrected chi connectivity index (χ3v) is 1.67. The molecule has 1 aromatic carbocycles. The average molecular weight is 212 g/mol. The molecule has 4 nitrogen and oxygen atoms in total. The molecule has 0 heterocycles. The number of carbonyl (C=O) groups excluding carboxylic acids is 2. The number of hydrogen-bond donors (Lipinski definition) is 0. The third-order valence-electron chi connectivity index (χ3n) is 1.36. The maximum Gasteiger partial charge on any atom is 0.294 e. The first kappa shape index (κ1) is 10.4. The van der Waals surface area contributed by atoms with Gasteiger partial charge in [-0.25, -0.2) is 4.79 Å². The van der Waals surface area contributed by atoms with Gasteiger partial charge in [-0.3, -0.25) is 4.79 Å². The van der Waals surface area contributed by atoms with Crippen molar-refractivity contribution < 1.29 is 14.3 Å². The number of benzene rings is 1. The summed E-state index contributed by atoms with van der Waals surface area (Å²) < 4.78 is 5.00. The fourth-order valence-corrected chi connectivity index (χ4v) is 0.975. The van der Waals surface area contributed by atoms with E-state index in [1.165, 1.54) is 0 Å². The number of halogens is 1. The number of isocyanates is 1. The van der Waals surface area contributed by atoms with Crippen molar-refractivity contribution in [3.8, 4) is 5.75 Å². The van der Waals surface area contributed by atoms with Gasteiger partial charge >= 0.3 is 0 Å². The zero-order valence-corrected chi connectivity index (χ0v) is 7.82. The SMILES string of the molecule is O=C=NC(=O)COc1ccccc1Cl. The molecule has 0 bridgehead atoms. The lowest BCUT2D eigenvalue weighted by Crippen LogP contribution is -2.08. The Hall–Kier alpha value is -1.64. The smallest absolute Gasteiger partial charge is 0.294 e. The molecule has 0 saturated carbocycles. The molecular formula is C9H6ClNO3. The van der Waals surface area contributed by atoms with Gasteiger partial charge in [0.2, 0.25) is 6.08 Å². The van der Waals surface area contributed by atoms with Crippen molar-refractivity contribution in [3.05, 3.63) is 29.3 Å². The molecular weight excluding hydrogens is 206 g/mol. The Balaban J connectivity index is 2.58. The molecule has 1 aromatic rings. The predicted molar refractivity (Wildman–Crippen MR) is 50.1 cm³/mol. The third kappa shape index (κ3) is 3.01. The molecule has 1 rings (SSSR count). The number of nitrogens with zero attached hydrogens (tertiary/aromatic N) is 1. The molecule has 0 unspecified atom stereocenters. The van der Waals surface area contributed by atoms with Crippen molar-refractivity contribution in [2.45, 2.75) is 0 Å². The zero-order chi connectivity index (χ0) is 10.4. The summed E-state index contributed by atoms with van der Waals surface area (Å²) in [4.78, 5) is 23.3. The molecule has 0 saturated heterocycles. The van der Waals surface area contributed by atoms with Crippen molar-refractivity contribution in [2.24, 2.45) is 4.99 Å². The summed E-state index contributed by atoms with van der Waals surface area (Å²) in [6.07, 6.45) is 1.13. The largest absolute Gasteiger partial charge is 0.482 e. The van der Waals surface area contributed by atoms with Crippen LogP contribution in [0.3, 0.4) is 0 Å². The van der Waals surface area contributed by atoms with E-state index < -0.39 is 5.91 Å². The molecule has 14 heavy (non-hydrogen) atoms. The fourth-order valence-electron chi connectivity index (χ4n) is 0.784. The van der Waals surface area contributed by atoms with Gasteiger partial charge in [-0.15, -0.1) is 4.99 Å². The molecule has 0 radical (unpaired) electrons. The van der Waals surface area contributed by atoms with Gasteiger partial charge in [-0.2, -0.15) is 0 Å². The second kappa shape index (κ2) is 5.17. The Morgan fingerprint density at radius 1 is 1.50 bits per heavy atom. The number of para-hydroxylation sites is 1. The van der Waals surface area contributed by atoms with E-state index in [4.69, 9.17) is 16.3 Å². The highest BCUT2D eigenvalue weighted by Crippen LogP contribution is 2.22. The van der Waals surface area contributed by atoms with Crippen molar-refractivity contribution in [3.63, 3.8) is 0 Å². The Labute approximate surface area is 85.2 Å². The van der Waals surface area contributed by atoms with Crippen LogP contribution in [0.5, 0.6) is 5.75 Å². The molecule has 5 heteroatoms. The topological polar surface area (TPSA) is 55.7 Å². The Morgan fingerprint density at radius 2 is 2.21 bits per heavy atom. The van der Waals surface area contributed by atoms with Gasteiger partial charge in [0.25, 0.3) is 5.91 Å². The standard InChI is InChI=1S/C9H6ClNO3/c10-7-3-1-2-4-8(7)14-5-9(13)11-6-12/h1-4H,5H2.